The van der Waals surface area contributed by atoms with Gasteiger partial charge < -0.3 is 5.11 Å². The zero-order valence-electron chi connectivity index (χ0n) is 6.14. The number of aromatic hydroxyl groups is 1. The first kappa shape index (κ1) is 9.08. The maximum Gasteiger partial charge on any atom is 0.166 e. The zero-order valence-corrected chi connectivity index (χ0v) is 7.73. The van der Waals surface area contributed by atoms with Crippen molar-refractivity contribution in [3.05, 3.63) is 28.0 Å². The molecule has 12 heavy (non-hydrogen) atoms. The van der Waals surface area contributed by atoms with Crippen LogP contribution in [0.4, 0.5) is 4.39 Å². The molecule has 0 radical (unpaired) electrons. The van der Waals surface area contributed by atoms with Crippen LogP contribution in [0, 0.1) is 18.2 Å². The highest BCUT2D eigenvalue weighted by atomic mass is 79.9. The van der Waals surface area contributed by atoms with Gasteiger partial charge in [0.25, 0.3) is 0 Å². The molecule has 0 aromatic heterocycles. The number of hydrogen-bond acceptors (Lipinski definition) is 1. The number of terminal acetylenes is 1. The van der Waals surface area contributed by atoms with Gasteiger partial charge in [-0.25, -0.2) is 4.39 Å². The van der Waals surface area contributed by atoms with Crippen molar-refractivity contribution in [3.8, 4) is 18.1 Å². The minimum atomic E-state index is -0.658. The molecule has 1 aromatic carbocycles. The summed E-state index contributed by atoms with van der Waals surface area (Å²) in [6.45, 7) is 0. The Balaban J connectivity index is 3.20. The van der Waals surface area contributed by atoms with E-state index in [9.17, 15) is 4.39 Å². The Kier molecular flexibility index (Phi) is 2.72. The fraction of sp³-hybridized carbons (Fsp3) is 0.111. The Morgan fingerprint density at radius 2 is 2.25 bits per heavy atom. The largest absolute Gasteiger partial charge is 0.505 e. The van der Waals surface area contributed by atoms with Gasteiger partial charge >= 0.3 is 0 Å². The highest BCUT2D eigenvalue weighted by molar-refractivity contribution is 9.10. The normalized spacial score (nSPS) is 9.42. The summed E-state index contributed by atoms with van der Waals surface area (Å²) < 4.78 is 13.4. The van der Waals surface area contributed by atoms with Crippen molar-refractivity contribution in [2.75, 3.05) is 0 Å². The molecule has 0 saturated heterocycles. The molecular weight excluding hydrogens is 223 g/mol. The molecule has 1 rings (SSSR count). The van der Waals surface area contributed by atoms with Crippen LogP contribution in [0.2, 0.25) is 0 Å². The summed E-state index contributed by atoms with van der Waals surface area (Å²) in [5, 5.41) is 9.16. The average Bonchev–Trinajstić information content (AvgIpc) is 2.00. The fourth-order valence-corrected chi connectivity index (χ4v) is 1.34. The molecule has 0 aliphatic heterocycles. The Hall–Kier alpha value is -1.01. The molecule has 0 saturated carbocycles. The molecule has 1 N–H and O–H groups in total. The second-order valence-corrected chi connectivity index (χ2v) is 3.19. The van der Waals surface area contributed by atoms with E-state index in [0.29, 0.717) is 10.0 Å². The van der Waals surface area contributed by atoms with Crippen molar-refractivity contribution in [2.45, 2.75) is 6.42 Å². The van der Waals surface area contributed by atoms with Crippen LogP contribution in [0.1, 0.15) is 5.56 Å². The van der Waals surface area contributed by atoms with Crippen molar-refractivity contribution in [2.24, 2.45) is 0 Å². The van der Waals surface area contributed by atoms with E-state index in [0.717, 1.165) is 0 Å². The maximum atomic E-state index is 12.8. The second kappa shape index (κ2) is 3.59. The van der Waals surface area contributed by atoms with Gasteiger partial charge in [-0.05, 0) is 12.1 Å². The average molecular weight is 229 g/mol. The van der Waals surface area contributed by atoms with Crippen LogP contribution < -0.4 is 0 Å². The van der Waals surface area contributed by atoms with Gasteiger partial charge in [-0.1, -0.05) is 15.9 Å². The summed E-state index contributed by atoms with van der Waals surface area (Å²) >= 11 is 3.10. The standard InChI is InChI=1S/C9H6BrFO/c1-2-3-6-4-7(10)5-8(11)9(6)12/h1,4-5,12H,3H2. The van der Waals surface area contributed by atoms with E-state index in [1.54, 1.807) is 6.07 Å². The lowest BCUT2D eigenvalue weighted by Crippen LogP contribution is -1.86. The van der Waals surface area contributed by atoms with Crippen LogP contribution in [0.15, 0.2) is 16.6 Å². The van der Waals surface area contributed by atoms with Crippen LogP contribution in [0.25, 0.3) is 0 Å². The van der Waals surface area contributed by atoms with Crippen molar-refractivity contribution in [1.29, 1.82) is 0 Å². The van der Waals surface area contributed by atoms with Crippen LogP contribution in [0.3, 0.4) is 0 Å². The molecule has 0 spiro atoms. The van der Waals surface area contributed by atoms with Gasteiger partial charge in [0, 0.05) is 16.5 Å². The van der Waals surface area contributed by atoms with Crippen molar-refractivity contribution in [1.82, 2.24) is 0 Å². The van der Waals surface area contributed by atoms with E-state index in [4.69, 9.17) is 11.5 Å². The molecule has 0 heterocycles. The Labute approximate surface area is 78.4 Å². The molecular formula is C9H6BrFO. The number of hydrogen-bond donors (Lipinski definition) is 1. The highest BCUT2D eigenvalue weighted by Gasteiger charge is 2.07. The molecule has 0 atom stereocenters. The smallest absolute Gasteiger partial charge is 0.166 e. The molecule has 0 bridgehead atoms. The first-order valence-electron chi connectivity index (χ1n) is 3.25. The second-order valence-electron chi connectivity index (χ2n) is 2.28. The predicted octanol–water partition coefficient (Wildman–Crippen LogP) is 2.47. The van der Waals surface area contributed by atoms with Crippen LogP contribution in [-0.2, 0) is 6.42 Å². The van der Waals surface area contributed by atoms with Gasteiger partial charge in [-0.2, -0.15) is 0 Å². The third-order valence-corrected chi connectivity index (χ3v) is 1.86. The summed E-state index contributed by atoms with van der Waals surface area (Å²) in [5.41, 5.74) is 0.421. The van der Waals surface area contributed by atoms with Gasteiger partial charge in [0.05, 0.1) is 0 Å². The monoisotopic (exact) mass is 228 g/mol. The third-order valence-electron chi connectivity index (χ3n) is 1.40. The summed E-state index contributed by atoms with van der Waals surface area (Å²) in [5.74, 6) is 1.31. The summed E-state index contributed by atoms with van der Waals surface area (Å²) in [6, 6.07) is 2.79. The molecule has 3 heteroatoms. The first-order valence-corrected chi connectivity index (χ1v) is 4.05. The minimum Gasteiger partial charge on any atom is -0.505 e. The number of phenols is 1. The minimum absolute atomic E-state index is 0.224. The summed E-state index contributed by atoms with van der Waals surface area (Å²) in [6.07, 6.45) is 5.26. The van der Waals surface area contributed by atoms with E-state index >= 15 is 0 Å². The van der Waals surface area contributed by atoms with Gasteiger partial charge in [0.15, 0.2) is 11.6 Å². The van der Waals surface area contributed by atoms with E-state index in [2.05, 4.69) is 21.9 Å². The number of rotatable bonds is 1. The van der Waals surface area contributed by atoms with Crippen molar-refractivity contribution < 1.29 is 9.50 Å². The van der Waals surface area contributed by atoms with E-state index in [1.807, 2.05) is 0 Å². The highest BCUT2D eigenvalue weighted by Crippen LogP contribution is 2.25. The quantitative estimate of drug-likeness (QED) is 0.733. The predicted molar refractivity (Wildman–Crippen MR) is 48.3 cm³/mol. The zero-order chi connectivity index (χ0) is 9.14. The van der Waals surface area contributed by atoms with Gasteiger partial charge in [-0.3, -0.25) is 0 Å². The Morgan fingerprint density at radius 1 is 1.58 bits per heavy atom. The lowest BCUT2D eigenvalue weighted by molar-refractivity contribution is 0.427. The van der Waals surface area contributed by atoms with Crippen LogP contribution in [0.5, 0.6) is 5.75 Å². The molecule has 0 aliphatic rings. The molecule has 1 aromatic rings. The van der Waals surface area contributed by atoms with Gasteiger partial charge in [0.1, 0.15) is 0 Å². The SMILES string of the molecule is C#CCc1cc(Br)cc(F)c1O. The van der Waals surface area contributed by atoms with Crippen molar-refractivity contribution >= 4 is 15.9 Å². The lowest BCUT2D eigenvalue weighted by atomic mass is 10.1. The Morgan fingerprint density at radius 3 is 2.83 bits per heavy atom. The molecule has 62 valence electrons. The molecule has 0 fully saturated rings. The fourth-order valence-electron chi connectivity index (χ4n) is 0.864. The summed E-state index contributed by atoms with van der Waals surface area (Å²) in [4.78, 5) is 0. The summed E-state index contributed by atoms with van der Waals surface area (Å²) in [7, 11) is 0. The number of halogens is 2. The molecule has 0 unspecified atom stereocenters. The van der Waals surface area contributed by atoms with E-state index < -0.39 is 5.82 Å². The molecule has 1 nitrogen and oxygen atoms in total. The Bertz CT molecular complexity index is 341. The van der Waals surface area contributed by atoms with Gasteiger partial charge in [-0.15, -0.1) is 12.3 Å². The van der Waals surface area contributed by atoms with Crippen molar-refractivity contribution in [3.63, 3.8) is 0 Å². The number of phenolic OH excluding ortho intramolecular Hbond substituents is 1. The van der Waals surface area contributed by atoms with E-state index in [1.165, 1.54) is 6.07 Å². The lowest BCUT2D eigenvalue weighted by Gasteiger charge is -2.02. The molecule has 0 aliphatic carbocycles. The van der Waals surface area contributed by atoms with E-state index in [-0.39, 0.29) is 12.2 Å². The topological polar surface area (TPSA) is 20.2 Å². The maximum absolute atomic E-state index is 12.8. The third kappa shape index (κ3) is 1.77. The number of benzene rings is 1. The van der Waals surface area contributed by atoms with Crippen LogP contribution >= 0.6 is 15.9 Å². The first-order chi connectivity index (χ1) is 5.65. The van der Waals surface area contributed by atoms with Gasteiger partial charge in [0.2, 0.25) is 0 Å². The van der Waals surface area contributed by atoms with Crippen LogP contribution in [-0.4, -0.2) is 5.11 Å². The molecule has 0 amide bonds.